The van der Waals surface area contributed by atoms with Crippen molar-refractivity contribution in [2.75, 3.05) is 7.11 Å². The molecule has 0 aliphatic rings. The highest BCUT2D eigenvalue weighted by Gasteiger charge is 2.07. The second kappa shape index (κ2) is 6.04. The number of benzene rings is 2. The van der Waals surface area contributed by atoms with Crippen molar-refractivity contribution >= 4 is 33.1 Å². The van der Waals surface area contributed by atoms with Crippen molar-refractivity contribution in [3.63, 3.8) is 0 Å². The van der Waals surface area contributed by atoms with Gasteiger partial charge in [0.1, 0.15) is 10.7 Å². The maximum Gasteiger partial charge on any atom is 0.169 e. The summed E-state index contributed by atoms with van der Waals surface area (Å²) >= 11 is 8.37. The second-order valence-corrected chi connectivity index (χ2v) is 5.05. The first-order valence-electron chi connectivity index (χ1n) is 5.52. The summed E-state index contributed by atoms with van der Waals surface area (Å²) in [5.74, 6) is 2.01. The normalized spacial score (nSPS) is 10.0. The lowest BCUT2D eigenvalue weighted by molar-refractivity contribution is 0.379. The number of hydrogen-bond donors (Lipinski definition) is 1. The van der Waals surface area contributed by atoms with Gasteiger partial charge in [-0.25, -0.2) is 0 Å². The Morgan fingerprint density at radius 3 is 2.42 bits per heavy atom. The van der Waals surface area contributed by atoms with Gasteiger partial charge in [0.2, 0.25) is 0 Å². The molecule has 0 saturated heterocycles. The molecule has 0 bridgehead atoms. The van der Waals surface area contributed by atoms with Gasteiger partial charge in [0, 0.05) is 10.0 Å². The van der Waals surface area contributed by atoms with Gasteiger partial charge >= 0.3 is 0 Å². The summed E-state index contributed by atoms with van der Waals surface area (Å²) < 4.78 is 11.8. The molecule has 0 aliphatic heterocycles. The fraction of sp³-hybridized carbons (Fsp3) is 0.0714. The molecule has 0 spiro atoms. The molecule has 98 valence electrons. The number of nitrogens with two attached hydrogens (primary N) is 1. The summed E-state index contributed by atoms with van der Waals surface area (Å²) in [6, 6.07) is 12.9. The molecule has 5 heteroatoms. The van der Waals surface area contributed by atoms with Crippen LogP contribution in [0.15, 0.2) is 46.9 Å². The lowest BCUT2D eigenvalue weighted by Gasteiger charge is -2.11. The highest BCUT2D eigenvalue weighted by atomic mass is 79.9. The molecule has 2 N–H and O–H groups in total. The Morgan fingerprint density at radius 1 is 1.16 bits per heavy atom. The van der Waals surface area contributed by atoms with Crippen LogP contribution < -0.4 is 15.2 Å². The number of halogens is 1. The molecule has 0 heterocycles. The molecule has 2 rings (SSSR count). The Hall–Kier alpha value is -1.59. The molecule has 0 radical (unpaired) electrons. The van der Waals surface area contributed by atoms with E-state index in [0.29, 0.717) is 22.2 Å². The van der Waals surface area contributed by atoms with Crippen molar-refractivity contribution in [1.82, 2.24) is 0 Å². The molecule has 0 fully saturated rings. The molecular weight excluding hydrogens is 326 g/mol. The lowest BCUT2D eigenvalue weighted by atomic mass is 10.2. The summed E-state index contributed by atoms with van der Waals surface area (Å²) in [6.07, 6.45) is 0. The smallest absolute Gasteiger partial charge is 0.169 e. The van der Waals surface area contributed by atoms with Gasteiger partial charge in [-0.15, -0.1) is 0 Å². The van der Waals surface area contributed by atoms with E-state index in [1.165, 1.54) is 0 Å². The van der Waals surface area contributed by atoms with Crippen molar-refractivity contribution in [3.05, 3.63) is 52.5 Å². The van der Waals surface area contributed by atoms with E-state index in [4.69, 9.17) is 27.4 Å². The maximum atomic E-state index is 5.78. The van der Waals surface area contributed by atoms with Crippen LogP contribution in [0, 0.1) is 0 Å². The highest BCUT2D eigenvalue weighted by Crippen LogP contribution is 2.32. The van der Waals surface area contributed by atoms with Crippen molar-refractivity contribution in [2.24, 2.45) is 5.73 Å². The third kappa shape index (κ3) is 3.24. The molecule has 2 aromatic rings. The molecule has 0 aliphatic carbocycles. The average molecular weight is 338 g/mol. The molecule has 0 amide bonds. The van der Waals surface area contributed by atoms with Crippen molar-refractivity contribution < 1.29 is 9.47 Å². The first-order valence-corrected chi connectivity index (χ1v) is 6.72. The van der Waals surface area contributed by atoms with Gasteiger partial charge in [-0.3, -0.25) is 0 Å². The fourth-order valence-corrected chi connectivity index (χ4v) is 2.47. The topological polar surface area (TPSA) is 44.5 Å². The maximum absolute atomic E-state index is 5.78. The monoisotopic (exact) mass is 337 g/mol. The predicted octanol–water partition coefficient (Wildman–Crippen LogP) is 3.88. The first kappa shape index (κ1) is 13.8. The fourth-order valence-electron chi connectivity index (χ4n) is 1.59. The van der Waals surface area contributed by atoms with Gasteiger partial charge in [-0.1, -0.05) is 24.4 Å². The van der Waals surface area contributed by atoms with Crippen LogP contribution in [0.1, 0.15) is 5.56 Å². The molecule has 2 aromatic carbocycles. The lowest BCUT2D eigenvalue weighted by Crippen LogP contribution is -2.09. The van der Waals surface area contributed by atoms with E-state index in [0.717, 1.165) is 10.0 Å². The quantitative estimate of drug-likeness (QED) is 0.859. The minimum absolute atomic E-state index is 0.343. The van der Waals surface area contributed by atoms with Gasteiger partial charge in [0.15, 0.2) is 11.5 Å². The van der Waals surface area contributed by atoms with Crippen LogP contribution >= 0.6 is 28.1 Å². The number of para-hydroxylation sites is 2. The van der Waals surface area contributed by atoms with Crippen LogP contribution in [0.25, 0.3) is 0 Å². The van der Waals surface area contributed by atoms with Gasteiger partial charge in [0.05, 0.1) is 7.11 Å². The van der Waals surface area contributed by atoms with Crippen LogP contribution in [0.5, 0.6) is 17.2 Å². The van der Waals surface area contributed by atoms with Crippen LogP contribution in [0.2, 0.25) is 0 Å². The van der Waals surface area contributed by atoms with Gasteiger partial charge in [-0.2, -0.15) is 0 Å². The molecule has 0 atom stereocenters. The van der Waals surface area contributed by atoms with E-state index in [1.54, 1.807) is 7.11 Å². The number of ether oxygens (including phenoxy) is 2. The van der Waals surface area contributed by atoms with Crippen molar-refractivity contribution in [1.29, 1.82) is 0 Å². The predicted molar refractivity (Wildman–Crippen MR) is 83.1 cm³/mol. The third-order valence-electron chi connectivity index (χ3n) is 2.50. The van der Waals surface area contributed by atoms with E-state index >= 15 is 0 Å². The molecule has 0 aromatic heterocycles. The van der Waals surface area contributed by atoms with Crippen LogP contribution in [0.4, 0.5) is 0 Å². The Kier molecular flexibility index (Phi) is 4.39. The second-order valence-electron chi connectivity index (χ2n) is 3.76. The summed E-state index contributed by atoms with van der Waals surface area (Å²) in [5, 5.41) is 0. The summed E-state index contributed by atoms with van der Waals surface area (Å²) in [7, 11) is 1.61. The van der Waals surface area contributed by atoms with Crippen LogP contribution in [-0.4, -0.2) is 12.1 Å². The third-order valence-corrected chi connectivity index (χ3v) is 3.38. The first-order chi connectivity index (χ1) is 9.11. The van der Waals surface area contributed by atoms with E-state index < -0.39 is 0 Å². The Bertz CT molecular complexity index is 616. The number of thiocarbonyl (C=S) groups is 1. The average Bonchev–Trinajstić information content (AvgIpc) is 2.39. The Morgan fingerprint density at radius 2 is 1.84 bits per heavy atom. The number of hydrogen-bond acceptors (Lipinski definition) is 3. The number of methoxy groups -OCH3 is 1. The molecule has 19 heavy (non-hydrogen) atoms. The molecular formula is C14H12BrNO2S. The SMILES string of the molecule is COc1ccccc1Oc1ccc(C(N)=S)c(Br)c1. The van der Waals surface area contributed by atoms with Gasteiger partial charge in [-0.05, 0) is 46.3 Å². The summed E-state index contributed by atoms with van der Waals surface area (Å²) in [4.78, 5) is 0.343. The van der Waals surface area contributed by atoms with Gasteiger partial charge < -0.3 is 15.2 Å². The zero-order chi connectivity index (χ0) is 13.8. The largest absolute Gasteiger partial charge is 0.493 e. The minimum atomic E-state index is 0.343. The van der Waals surface area contributed by atoms with E-state index in [-0.39, 0.29) is 0 Å². The summed E-state index contributed by atoms with van der Waals surface area (Å²) in [5.41, 5.74) is 6.38. The van der Waals surface area contributed by atoms with Crippen LogP contribution in [-0.2, 0) is 0 Å². The number of rotatable bonds is 4. The molecule has 3 nitrogen and oxygen atoms in total. The molecule has 0 unspecified atom stereocenters. The van der Waals surface area contributed by atoms with Crippen molar-refractivity contribution in [3.8, 4) is 17.2 Å². The van der Waals surface area contributed by atoms with E-state index in [1.807, 2.05) is 42.5 Å². The van der Waals surface area contributed by atoms with Crippen molar-refractivity contribution in [2.45, 2.75) is 0 Å². The van der Waals surface area contributed by atoms with Crippen LogP contribution in [0.3, 0.4) is 0 Å². The van der Waals surface area contributed by atoms with E-state index in [9.17, 15) is 0 Å². The standard InChI is InChI=1S/C14H12BrNO2S/c1-17-12-4-2-3-5-13(12)18-9-6-7-10(14(16)19)11(15)8-9/h2-8H,1H3,(H2,16,19). The zero-order valence-electron chi connectivity index (χ0n) is 10.2. The van der Waals surface area contributed by atoms with E-state index in [2.05, 4.69) is 15.9 Å². The highest BCUT2D eigenvalue weighted by molar-refractivity contribution is 9.10. The Labute approximate surface area is 125 Å². The van der Waals surface area contributed by atoms with Gasteiger partial charge in [0.25, 0.3) is 0 Å². The Balaban J connectivity index is 2.29. The minimum Gasteiger partial charge on any atom is -0.493 e. The zero-order valence-corrected chi connectivity index (χ0v) is 12.6. The molecule has 0 saturated carbocycles. The summed E-state index contributed by atoms with van der Waals surface area (Å²) in [6.45, 7) is 0.